The number of aromatic nitrogens is 1. The Morgan fingerprint density at radius 2 is 2.00 bits per heavy atom. The van der Waals surface area contributed by atoms with E-state index in [4.69, 9.17) is 0 Å². The summed E-state index contributed by atoms with van der Waals surface area (Å²) in [5.41, 5.74) is 3.24. The van der Waals surface area contributed by atoms with Gasteiger partial charge < -0.3 is 9.88 Å². The maximum atomic E-state index is 12.3. The van der Waals surface area contributed by atoms with Crippen molar-refractivity contribution in [1.29, 1.82) is 0 Å². The van der Waals surface area contributed by atoms with Crippen LogP contribution in [0.15, 0.2) is 6.07 Å². The fraction of sp³-hybridized carbons (Fsp3) is 0.706. The smallest absolute Gasteiger partial charge is 0.253 e. The zero-order valence-corrected chi connectivity index (χ0v) is 13.2. The van der Waals surface area contributed by atoms with E-state index in [9.17, 15) is 4.79 Å². The van der Waals surface area contributed by atoms with Gasteiger partial charge in [-0.3, -0.25) is 4.79 Å². The third-order valence-corrected chi connectivity index (χ3v) is 4.48. The second-order valence-corrected chi connectivity index (χ2v) is 6.06. The number of aryl methyl sites for hydroxylation is 1. The van der Waals surface area contributed by atoms with Crippen molar-refractivity contribution >= 4 is 5.91 Å². The summed E-state index contributed by atoms with van der Waals surface area (Å²) in [5, 5.41) is 3.03. The third-order valence-electron chi connectivity index (χ3n) is 4.48. The van der Waals surface area contributed by atoms with Gasteiger partial charge in [-0.05, 0) is 39.2 Å². The van der Waals surface area contributed by atoms with Crippen LogP contribution in [0.1, 0.15) is 79.7 Å². The maximum Gasteiger partial charge on any atom is 0.253 e. The van der Waals surface area contributed by atoms with Crippen LogP contribution >= 0.6 is 0 Å². The zero-order valence-electron chi connectivity index (χ0n) is 13.2. The predicted molar refractivity (Wildman–Crippen MR) is 83.3 cm³/mol. The Bertz CT molecular complexity index is 456. The van der Waals surface area contributed by atoms with Crippen molar-refractivity contribution in [2.75, 3.05) is 6.54 Å². The minimum Gasteiger partial charge on any atom is -0.352 e. The van der Waals surface area contributed by atoms with Crippen molar-refractivity contribution in [3.05, 3.63) is 23.0 Å². The van der Waals surface area contributed by atoms with Crippen LogP contribution in [-0.4, -0.2) is 17.0 Å². The first-order chi connectivity index (χ1) is 9.65. The molecule has 0 bridgehead atoms. The number of amides is 1. The van der Waals surface area contributed by atoms with E-state index in [1.165, 1.54) is 37.8 Å². The molecule has 0 radical (unpaired) electrons. The first-order valence-corrected chi connectivity index (χ1v) is 8.11. The van der Waals surface area contributed by atoms with Crippen molar-refractivity contribution in [1.82, 2.24) is 9.88 Å². The molecular formula is C17H28N2O. The Labute approximate surface area is 122 Å². The molecule has 112 valence electrons. The molecule has 3 heteroatoms. The largest absolute Gasteiger partial charge is 0.352 e. The highest BCUT2D eigenvalue weighted by molar-refractivity contribution is 5.95. The summed E-state index contributed by atoms with van der Waals surface area (Å²) in [5.74, 6) is 0.0913. The monoisotopic (exact) mass is 276 g/mol. The summed E-state index contributed by atoms with van der Waals surface area (Å²) in [7, 11) is 0. The van der Waals surface area contributed by atoms with E-state index in [0.29, 0.717) is 6.04 Å². The van der Waals surface area contributed by atoms with Gasteiger partial charge in [0, 0.05) is 24.0 Å². The van der Waals surface area contributed by atoms with E-state index in [1.807, 2.05) is 0 Å². The van der Waals surface area contributed by atoms with Gasteiger partial charge in [-0.2, -0.15) is 0 Å². The second kappa shape index (κ2) is 6.96. The van der Waals surface area contributed by atoms with Gasteiger partial charge in [0.25, 0.3) is 5.91 Å². The number of carbonyl (C=O) groups is 1. The molecule has 1 amide bonds. The molecule has 3 nitrogen and oxygen atoms in total. The van der Waals surface area contributed by atoms with Gasteiger partial charge in [0.1, 0.15) is 0 Å². The van der Waals surface area contributed by atoms with Gasteiger partial charge in [0.2, 0.25) is 0 Å². The van der Waals surface area contributed by atoms with Crippen LogP contribution in [0, 0.1) is 13.8 Å². The van der Waals surface area contributed by atoms with Crippen LogP contribution in [0.4, 0.5) is 0 Å². The highest BCUT2D eigenvalue weighted by Gasteiger charge is 2.22. The molecule has 1 heterocycles. The van der Waals surface area contributed by atoms with Crippen molar-refractivity contribution < 1.29 is 4.79 Å². The SMILES string of the molecule is CCCCNC(=O)c1cc(C)n(C2CCCCC2)c1C. The quantitative estimate of drug-likeness (QED) is 0.806. The second-order valence-electron chi connectivity index (χ2n) is 6.06. The highest BCUT2D eigenvalue weighted by Crippen LogP contribution is 2.32. The van der Waals surface area contributed by atoms with Crippen LogP contribution in [0.5, 0.6) is 0 Å². The van der Waals surface area contributed by atoms with E-state index >= 15 is 0 Å². The average molecular weight is 276 g/mol. The van der Waals surface area contributed by atoms with Gasteiger partial charge >= 0.3 is 0 Å². The minimum atomic E-state index is 0.0913. The number of hydrogen-bond acceptors (Lipinski definition) is 1. The van der Waals surface area contributed by atoms with Gasteiger partial charge in [-0.25, -0.2) is 0 Å². The molecular weight excluding hydrogens is 248 g/mol. The molecule has 1 aliphatic rings. The molecule has 0 spiro atoms. The molecule has 0 aliphatic heterocycles. The number of unbranched alkanes of at least 4 members (excludes halogenated alkanes) is 1. The fourth-order valence-electron chi connectivity index (χ4n) is 3.38. The van der Waals surface area contributed by atoms with Crippen LogP contribution in [0.3, 0.4) is 0 Å². The Kier molecular flexibility index (Phi) is 5.27. The molecule has 0 aromatic carbocycles. The lowest BCUT2D eigenvalue weighted by Crippen LogP contribution is -2.25. The van der Waals surface area contributed by atoms with E-state index in [-0.39, 0.29) is 5.91 Å². The molecule has 2 rings (SSSR count). The number of hydrogen-bond donors (Lipinski definition) is 1. The highest BCUT2D eigenvalue weighted by atomic mass is 16.1. The van der Waals surface area contributed by atoms with E-state index < -0.39 is 0 Å². The lowest BCUT2D eigenvalue weighted by Gasteiger charge is -2.26. The maximum absolute atomic E-state index is 12.3. The molecule has 1 aromatic heterocycles. The Hall–Kier alpha value is -1.25. The van der Waals surface area contributed by atoms with Crippen molar-refractivity contribution in [3.63, 3.8) is 0 Å². The Balaban J connectivity index is 2.13. The van der Waals surface area contributed by atoms with Crippen molar-refractivity contribution in [2.24, 2.45) is 0 Å². The lowest BCUT2D eigenvalue weighted by molar-refractivity contribution is 0.0952. The number of carbonyl (C=O) groups excluding carboxylic acids is 1. The predicted octanol–water partition coefficient (Wildman–Crippen LogP) is 4.14. The summed E-state index contributed by atoms with van der Waals surface area (Å²) >= 11 is 0. The van der Waals surface area contributed by atoms with Gasteiger partial charge in [0.05, 0.1) is 5.56 Å². The van der Waals surface area contributed by atoms with Crippen LogP contribution < -0.4 is 5.32 Å². The first-order valence-electron chi connectivity index (χ1n) is 8.11. The van der Waals surface area contributed by atoms with Gasteiger partial charge in [-0.15, -0.1) is 0 Å². The van der Waals surface area contributed by atoms with E-state index in [0.717, 1.165) is 30.6 Å². The number of nitrogens with zero attached hydrogens (tertiary/aromatic N) is 1. The standard InChI is InChI=1S/C17H28N2O/c1-4-5-11-18-17(20)16-12-13(2)19(14(16)3)15-9-7-6-8-10-15/h12,15H,4-11H2,1-3H3,(H,18,20). The number of nitrogens with one attached hydrogen (secondary N) is 1. The molecule has 20 heavy (non-hydrogen) atoms. The van der Waals surface area contributed by atoms with E-state index in [1.54, 1.807) is 0 Å². The molecule has 1 aromatic rings. The molecule has 1 saturated carbocycles. The van der Waals surface area contributed by atoms with Gasteiger partial charge in [-0.1, -0.05) is 32.6 Å². The topological polar surface area (TPSA) is 34.0 Å². The lowest BCUT2D eigenvalue weighted by atomic mass is 9.95. The minimum absolute atomic E-state index is 0.0913. The average Bonchev–Trinajstić information content (AvgIpc) is 2.75. The zero-order chi connectivity index (χ0) is 14.5. The summed E-state index contributed by atoms with van der Waals surface area (Å²) < 4.78 is 2.40. The normalized spacial score (nSPS) is 16.4. The van der Waals surface area contributed by atoms with Crippen molar-refractivity contribution in [3.8, 4) is 0 Å². The van der Waals surface area contributed by atoms with Gasteiger partial charge in [0.15, 0.2) is 0 Å². The van der Waals surface area contributed by atoms with E-state index in [2.05, 4.69) is 36.7 Å². The van der Waals surface area contributed by atoms with Crippen LogP contribution in [0.25, 0.3) is 0 Å². The molecule has 1 fully saturated rings. The number of rotatable bonds is 5. The molecule has 0 unspecified atom stereocenters. The fourth-order valence-corrected chi connectivity index (χ4v) is 3.38. The molecule has 1 aliphatic carbocycles. The van der Waals surface area contributed by atoms with Crippen molar-refractivity contribution in [2.45, 2.75) is 71.8 Å². The molecule has 0 saturated heterocycles. The Morgan fingerprint density at radius 1 is 1.30 bits per heavy atom. The van der Waals surface area contributed by atoms with Crippen LogP contribution in [-0.2, 0) is 0 Å². The molecule has 1 N–H and O–H groups in total. The summed E-state index contributed by atoms with van der Waals surface area (Å²) in [6.07, 6.45) is 8.68. The summed E-state index contributed by atoms with van der Waals surface area (Å²) in [6, 6.07) is 2.66. The first kappa shape index (κ1) is 15.1. The summed E-state index contributed by atoms with van der Waals surface area (Å²) in [4.78, 5) is 12.3. The summed E-state index contributed by atoms with van der Waals surface area (Å²) in [6.45, 7) is 7.14. The van der Waals surface area contributed by atoms with Crippen LogP contribution in [0.2, 0.25) is 0 Å². The molecule has 0 atom stereocenters. The third kappa shape index (κ3) is 3.25. The Morgan fingerprint density at radius 3 is 2.65 bits per heavy atom.